The molecule has 2 rings (SSSR count). The van der Waals surface area contributed by atoms with Gasteiger partial charge in [0, 0.05) is 18.1 Å². The second-order valence-corrected chi connectivity index (χ2v) is 11.1. The molecule has 0 saturated carbocycles. The first-order valence-electron chi connectivity index (χ1n) is 10.6. The van der Waals surface area contributed by atoms with Gasteiger partial charge >= 0.3 is 0 Å². The minimum atomic E-state index is -3.82. The van der Waals surface area contributed by atoms with E-state index in [1.54, 1.807) is 50.2 Å². The van der Waals surface area contributed by atoms with E-state index in [4.69, 9.17) is 34.8 Å². The summed E-state index contributed by atoms with van der Waals surface area (Å²) < 4.78 is 26.3. The molecule has 34 heavy (non-hydrogen) atoms. The number of benzene rings is 2. The molecule has 0 aliphatic carbocycles. The van der Waals surface area contributed by atoms with Crippen LogP contribution in [-0.2, 0) is 26.2 Å². The number of halogens is 3. The monoisotopic (exact) mass is 547 g/mol. The van der Waals surface area contributed by atoms with E-state index in [9.17, 15) is 18.0 Å². The number of amides is 2. The zero-order valence-electron chi connectivity index (χ0n) is 19.4. The standard InChI is InChI=1S/C23H28Cl3N3O4S/c1-5-10-27-23(31)16(3)28(13-17-6-8-19(25)20(26)12-17)22(30)14-29(34(4,32)33)21-9-7-18(24)11-15(21)2/h6-9,11-12,16H,5,10,13-14H2,1-4H3,(H,27,31)/t16-/m0/s1. The van der Waals surface area contributed by atoms with Crippen LogP contribution in [0.4, 0.5) is 5.69 Å². The predicted molar refractivity (Wildman–Crippen MR) is 138 cm³/mol. The van der Waals surface area contributed by atoms with Crippen LogP contribution in [0.3, 0.4) is 0 Å². The number of sulfonamides is 1. The van der Waals surface area contributed by atoms with Gasteiger partial charge < -0.3 is 10.2 Å². The fourth-order valence-electron chi connectivity index (χ4n) is 3.31. The Bertz CT molecular complexity index is 1160. The fraction of sp³-hybridized carbons (Fsp3) is 0.391. The SMILES string of the molecule is CCCNC(=O)[C@H](C)N(Cc1ccc(Cl)c(Cl)c1)C(=O)CN(c1ccc(Cl)cc1C)S(C)(=O)=O. The molecular formula is C23H28Cl3N3O4S. The van der Waals surface area contributed by atoms with Crippen molar-refractivity contribution in [2.75, 3.05) is 23.7 Å². The van der Waals surface area contributed by atoms with Crippen molar-refractivity contribution in [1.82, 2.24) is 10.2 Å². The zero-order valence-corrected chi connectivity index (χ0v) is 22.5. The minimum Gasteiger partial charge on any atom is -0.354 e. The Morgan fingerprint density at radius 2 is 1.74 bits per heavy atom. The summed E-state index contributed by atoms with van der Waals surface area (Å²) in [7, 11) is -3.82. The molecule has 0 aliphatic heterocycles. The Hall–Kier alpha value is -2.00. The van der Waals surface area contributed by atoms with Gasteiger partial charge in [-0.05, 0) is 61.7 Å². The maximum absolute atomic E-state index is 13.5. The van der Waals surface area contributed by atoms with Crippen molar-refractivity contribution in [3.63, 3.8) is 0 Å². The van der Waals surface area contributed by atoms with Crippen LogP contribution >= 0.6 is 34.8 Å². The molecule has 0 unspecified atom stereocenters. The molecule has 0 fully saturated rings. The Morgan fingerprint density at radius 3 is 2.29 bits per heavy atom. The average Bonchev–Trinajstić information content (AvgIpc) is 2.75. The topological polar surface area (TPSA) is 86.8 Å². The van der Waals surface area contributed by atoms with Crippen LogP contribution in [0.25, 0.3) is 0 Å². The van der Waals surface area contributed by atoms with Crippen molar-refractivity contribution in [1.29, 1.82) is 0 Å². The molecule has 0 aliphatic rings. The molecule has 0 saturated heterocycles. The van der Waals surface area contributed by atoms with Gasteiger partial charge in [0.05, 0.1) is 22.0 Å². The largest absolute Gasteiger partial charge is 0.354 e. The highest BCUT2D eigenvalue weighted by Gasteiger charge is 2.30. The second kappa shape index (κ2) is 12.1. The summed E-state index contributed by atoms with van der Waals surface area (Å²) in [6, 6.07) is 8.77. The van der Waals surface area contributed by atoms with Gasteiger partial charge in [0.15, 0.2) is 0 Å². The second-order valence-electron chi connectivity index (χ2n) is 7.94. The van der Waals surface area contributed by atoms with E-state index < -0.39 is 28.5 Å². The molecule has 0 bridgehead atoms. The molecule has 0 radical (unpaired) electrons. The van der Waals surface area contributed by atoms with Crippen molar-refractivity contribution in [2.24, 2.45) is 0 Å². The van der Waals surface area contributed by atoms with Gasteiger partial charge in [-0.2, -0.15) is 0 Å². The molecule has 11 heteroatoms. The fourth-order valence-corrected chi connectivity index (χ4v) is 4.76. The van der Waals surface area contributed by atoms with Crippen molar-refractivity contribution >= 4 is 62.3 Å². The summed E-state index contributed by atoms with van der Waals surface area (Å²) in [5.41, 5.74) is 1.57. The normalized spacial score (nSPS) is 12.2. The molecule has 0 spiro atoms. The molecule has 0 heterocycles. The molecular weight excluding hydrogens is 521 g/mol. The first-order valence-corrected chi connectivity index (χ1v) is 13.6. The van der Waals surface area contributed by atoms with Gasteiger partial charge in [-0.1, -0.05) is 47.8 Å². The zero-order chi connectivity index (χ0) is 25.6. The van der Waals surface area contributed by atoms with E-state index in [0.29, 0.717) is 38.4 Å². The number of nitrogens with one attached hydrogen (secondary N) is 1. The lowest BCUT2D eigenvalue weighted by atomic mass is 10.1. The van der Waals surface area contributed by atoms with Crippen molar-refractivity contribution in [3.05, 3.63) is 62.6 Å². The van der Waals surface area contributed by atoms with Crippen LogP contribution in [-0.4, -0.2) is 50.5 Å². The van der Waals surface area contributed by atoms with Crippen LogP contribution in [0.15, 0.2) is 36.4 Å². The van der Waals surface area contributed by atoms with Crippen molar-refractivity contribution in [3.8, 4) is 0 Å². The highest BCUT2D eigenvalue weighted by molar-refractivity contribution is 7.92. The lowest BCUT2D eigenvalue weighted by Crippen LogP contribution is -2.51. The van der Waals surface area contributed by atoms with Gasteiger partial charge in [-0.15, -0.1) is 0 Å². The maximum atomic E-state index is 13.5. The third-order valence-corrected chi connectivity index (χ3v) is 7.26. The first-order chi connectivity index (χ1) is 15.8. The average molecular weight is 549 g/mol. The first kappa shape index (κ1) is 28.2. The summed E-state index contributed by atoms with van der Waals surface area (Å²) in [5.74, 6) is -0.895. The molecule has 1 N–H and O–H groups in total. The summed E-state index contributed by atoms with van der Waals surface area (Å²) >= 11 is 18.1. The molecule has 0 aromatic heterocycles. The smallest absolute Gasteiger partial charge is 0.244 e. The van der Waals surface area contributed by atoms with Crippen molar-refractivity contribution < 1.29 is 18.0 Å². The Kier molecular flexibility index (Phi) is 10.1. The minimum absolute atomic E-state index is 0.0354. The highest BCUT2D eigenvalue weighted by Crippen LogP contribution is 2.27. The Labute approximate surface area is 216 Å². The van der Waals surface area contributed by atoms with Crippen LogP contribution < -0.4 is 9.62 Å². The summed E-state index contributed by atoms with van der Waals surface area (Å²) in [5, 5.41) is 3.89. The quantitative estimate of drug-likeness (QED) is 0.468. The lowest BCUT2D eigenvalue weighted by Gasteiger charge is -2.32. The van der Waals surface area contributed by atoms with E-state index >= 15 is 0 Å². The number of anilines is 1. The number of nitrogens with zero attached hydrogens (tertiary/aromatic N) is 2. The third-order valence-electron chi connectivity index (χ3n) is 5.16. The van der Waals surface area contributed by atoms with E-state index in [2.05, 4.69) is 5.32 Å². The van der Waals surface area contributed by atoms with E-state index in [1.807, 2.05) is 6.92 Å². The van der Waals surface area contributed by atoms with E-state index in [0.717, 1.165) is 17.0 Å². The van der Waals surface area contributed by atoms with Gasteiger partial charge in [-0.25, -0.2) is 8.42 Å². The van der Waals surface area contributed by atoms with E-state index in [-0.39, 0.29) is 12.5 Å². The van der Waals surface area contributed by atoms with Crippen LogP contribution in [0, 0.1) is 6.92 Å². The van der Waals surface area contributed by atoms with Gasteiger partial charge in [0.1, 0.15) is 12.6 Å². The molecule has 2 aromatic carbocycles. The van der Waals surface area contributed by atoms with Crippen LogP contribution in [0.5, 0.6) is 0 Å². The number of hydrogen-bond acceptors (Lipinski definition) is 4. The lowest BCUT2D eigenvalue weighted by molar-refractivity contribution is -0.139. The highest BCUT2D eigenvalue weighted by atomic mass is 35.5. The van der Waals surface area contributed by atoms with Crippen molar-refractivity contribution in [2.45, 2.75) is 39.8 Å². The Balaban J connectivity index is 2.42. The number of hydrogen-bond donors (Lipinski definition) is 1. The molecule has 2 aromatic rings. The van der Waals surface area contributed by atoms with Gasteiger partial charge in [0.25, 0.3) is 0 Å². The molecule has 1 atom stereocenters. The van der Waals surface area contributed by atoms with E-state index in [1.165, 1.54) is 4.90 Å². The molecule has 2 amide bonds. The van der Waals surface area contributed by atoms with Gasteiger partial charge in [-0.3, -0.25) is 13.9 Å². The maximum Gasteiger partial charge on any atom is 0.244 e. The van der Waals surface area contributed by atoms with Crippen LogP contribution in [0.2, 0.25) is 15.1 Å². The Morgan fingerprint density at radius 1 is 1.06 bits per heavy atom. The number of aryl methyl sites for hydroxylation is 1. The third kappa shape index (κ3) is 7.50. The number of rotatable bonds is 10. The molecule has 186 valence electrons. The number of carbonyl (C=O) groups is 2. The van der Waals surface area contributed by atoms with Crippen LogP contribution in [0.1, 0.15) is 31.4 Å². The predicted octanol–water partition coefficient (Wildman–Crippen LogP) is 4.66. The molecule has 7 nitrogen and oxygen atoms in total. The number of carbonyl (C=O) groups excluding carboxylic acids is 2. The summed E-state index contributed by atoms with van der Waals surface area (Å²) in [4.78, 5) is 27.5. The summed E-state index contributed by atoms with van der Waals surface area (Å²) in [6.07, 6.45) is 1.76. The summed E-state index contributed by atoms with van der Waals surface area (Å²) in [6.45, 7) is 5.22. The van der Waals surface area contributed by atoms with Gasteiger partial charge in [0.2, 0.25) is 21.8 Å².